The summed E-state index contributed by atoms with van der Waals surface area (Å²) in [5, 5.41) is 6.02. The second kappa shape index (κ2) is 11.2. The molecule has 1 saturated heterocycles. The number of hydrogen-bond acceptors (Lipinski definition) is 6. The molecule has 0 spiro atoms. The number of sulfonamides is 1. The van der Waals surface area contributed by atoms with Crippen molar-refractivity contribution in [1.82, 2.24) is 14.6 Å². The summed E-state index contributed by atoms with van der Waals surface area (Å²) in [6.07, 6.45) is 6.81. The van der Waals surface area contributed by atoms with Crippen molar-refractivity contribution < 1.29 is 13.2 Å². The lowest BCUT2D eigenvalue weighted by atomic mass is 10.1. The first-order valence-electron chi connectivity index (χ1n) is 11.4. The number of hydrogen-bond donors (Lipinski definition) is 3. The van der Waals surface area contributed by atoms with Crippen molar-refractivity contribution in [2.24, 2.45) is 0 Å². The lowest BCUT2D eigenvalue weighted by Gasteiger charge is -2.26. The Hall–Kier alpha value is -3.27. The van der Waals surface area contributed by atoms with Crippen molar-refractivity contribution in [2.75, 3.05) is 36.8 Å². The number of piperidine rings is 1. The van der Waals surface area contributed by atoms with E-state index in [4.69, 9.17) is 0 Å². The summed E-state index contributed by atoms with van der Waals surface area (Å²) in [6, 6.07) is 17.1. The number of carbonyl (C=O) groups is 1. The van der Waals surface area contributed by atoms with E-state index in [9.17, 15) is 13.2 Å². The molecular weight excluding hydrogens is 450 g/mol. The van der Waals surface area contributed by atoms with Crippen LogP contribution >= 0.6 is 0 Å². The molecule has 178 valence electrons. The summed E-state index contributed by atoms with van der Waals surface area (Å²) in [5.74, 6) is -0.246. The highest BCUT2D eigenvalue weighted by Crippen LogP contribution is 2.21. The van der Waals surface area contributed by atoms with Crippen molar-refractivity contribution in [3.05, 3.63) is 78.6 Å². The van der Waals surface area contributed by atoms with E-state index in [2.05, 4.69) is 25.2 Å². The zero-order valence-electron chi connectivity index (χ0n) is 18.9. The molecule has 1 amide bonds. The molecule has 1 aliphatic rings. The van der Waals surface area contributed by atoms with E-state index in [-0.39, 0.29) is 10.8 Å². The highest BCUT2D eigenvalue weighted by atomic mass is 32.2. The summed E-state index contributed by atoms with van der Waals surface area (Å²) >= 11 is 0. The van der Waals surface area contributed by atoms with E-state index >= 15 is 0 Å². The Labute approximate surface area is 200 Å². The van der Waals surface area contributed by atoms with E-state index < -0.39 is 10.0 Å². The summed E-state index contributed by atoms with van der Waals surface area (Å²) in [5.41, 5.74) is 2.43. The Bertz CT molecular complexity index is 1210. The van der Waals surface area contributed by atoms with Gasteiger partial charge in [0.05, 0.1) is 4.90 Å². The summed E-state index contributed by atoms with van der Waals surface area (Å²) < 4.78 is 28.3. The van der Waals surface area contributed by atoms with E-state index in [0.29, 0.717) is 35.7 Å². The average Bonchev–Trinajstić information content (AvgIpc) is 2.85. The van der Waals surface area contributed by atoms with Crippen LogP contribution in [-0.2, 0) is 10.0 Å². The molecule has 4 rings (SSSR count). The van der Waals surface area contributed by atoms with Crippen LogP contribution < -0.4 is 15.4 Å². The maximum absolute atomic E-state index is 12.8. The van der Waals surface area contributed by atoms with Crippen molar-refractivity contribution in [2.45, 2.75) is 24.2 Å². The number of nitrogens with zero attached hydrogens (tertiary/aromatic N) is 2. The van der Waals surface area contributed by atoms with E-state index in [1.807, 2.05) is 6.07 Å². The third-order valence-corrected chi connectivity index (χ3v) is 7.12. The molecule has 8 nitrogen and oxygen atoms in total. The van der Waals surface area contributed by atoms with Crippen LogP contribution in [0.1, 0.15) is 29.6 Å². The Kier molecular flexibility index (Phi) is 7.89. The number of benzene rings is 2. The molecule has 0 radical (unpaired) electrons. The minimum atomic E-state index is -3.62. The van der Waals surface area contributed by atoms with Gasteiger partial charge in [-0.3, -0.25) is 9.78 Å². The van der Waals surface area contributed by atoms with Gasteiger partial charge >= 0.3 is 0 Å². The fourth-order valence-corrected chi connectivity index (χ4v) is 4.96. The lowest BCUT2D eigenvalue weighted by Crippen LogP contribution is -2.37. The van der Waals surface area contributed by atoms with E-state index in [1.54, 1.807) is 67.0 Å². The third-order valence-electron chi connectivity index (χ3n) is 5.66. The minimum Gasteiger partial charge on any atom is -0.355 e. The van der Waals surface area contributed by atoms with Crippen molar-refractivity contribution >= 4 is 33.0 Å². The van der Waals surface area contributed by atoms with Gasteiger partial charge in [-0.25, -0.2) is 13.1 Å². The summed E-state index contributed by atoms with van der Waals surface area (Å²) in [7, 11) is -3.62. The molecular formula is C25H29N5O3S. The van der Waals surface area contributed by atoms with E-state index in [1.165, 1.54) is 19.3 Å². The van der Waals surface area contributed by atoms with Crippen LogP contribution in [0.15, 0.2) is 78.0 Å². The molecule has 1 aliphatic heterocycles. The zero-order chi connectivity index (χ0) is 23.8. The largest absolute Gasteiger partial charge is 0.355 e. The van der Waals surface area contributed by atoms with Gasteiger partial charge in [0.1, 0.15) is 0 Å². The number of rotatable bonds is 9. The fraction of sp³-hybridized carbons (Fsp3) is 0.280. The van der Waals surface area contributed by atoms with Crippen LogP contribution in [0.25, 0.3) is 0 Å². The highest BCUT2D eigenvalue weighted by Gasteiger charge is 2.16. The first-order valence-corrected chi connectivity index (χ1v) is 12.9. The van der Waals surface area contributed by atoms with Crippen LogP contribution in [0, 0.1) is 0 Å². The molecule has 0 bridgehead atoms. The van der Waals surface area contributed by atoms with Crippen molar-refractivity contribution in [3.8, 4) is 0 Å². The Balaban J connectivity index is 1.39. The van der Waals surface area contributed by atoms with Crippen molar-refractivity contribution in [1.29, 1.82) is 0 Å². The number of amides is 1. The number of likely N-dealkylation sites (tertiary alicyclic amines) is 1. The molecule has 2 aromatic carbocycles. The number of aromatic nitrogens is 1. The van der Waals surface area contributed by atoms with Crippen LogP contribution in [0.2, 0.25) is 0 Å². The number of carbonyl (C=O) groups excluding carboxylic acids is 1. The molecule has 0 aliphatic carbocycles. The first kappa shape index (κ1) is 23.9. The molecule has 3 aromatic rings. The molecule has 9 heteroatoms. The monoisotopic (exact) mass is 479 g/mol. The van der Waals surface area contributed by atoms with Gasteiger partial charge in [0.2, 0.25) is 10.0 Å². The lowest BCUT2D eigenvalue weighted by molar-refractivity contribution is 0.102. The van der Waals surface area contributed by atoms with Gasteiger partial charge in [-0.1, -0.05) is 18.6 Å². The molecule has 0 saturated carbocycles. The van der Waals surface area contributed by atoms with Gasteiger partial charge in [0, 0.05) is 48.1 Å². The summed E-state index contributed by atoms with van der Waals surface area (Å²) in [6.45, 7) is 3.15. The maximum atomic E-state index is 12.8. The van der Waals surface area contributed by atoms with Gasteiger partial charge < -0.3 is 15.5 Å². The van der Waals surface area contributed by atoms with Gasteiger partial charge in [-0.05, 0) is 74.5 Å². The van der Waals surface area contributed by atoms with Gasteiger partial charge in [0.25, 0.3) is 5.91 Å². The Morgan fingerprint density at radius 1 is 0.882 bits per heavy atom. The predicted octanol–water partition coefficient (Wildman–Crippen LogP) is 3.84. The fourth-order valence-electron chi connectivity index (χ4n) is 3.89. The van der Waals surface area contributed by atoms with Crippen molar-refractivity contribution in [3.63, 3.8) is 0 Å². The minimum absolute atomic E-state index is 0.197. The smallest absolute Gasteiger partial charge is 0.255 e. The van der Waals surface area contributed by atoms with Crippen LogP contribution in [0.3, 0.4) is 0 Å². The quantitative estimate of drug-likeness (QED) is 0.431. The SMILES string of the molecule is O=C(Nc1ccncc1)c1cccc(Nc2cccc(S(=O)(=O)NCCN3CCCCC3)c2)c1. The molecule has 3 N–H and O–H groups in total. The maximum Gasteiger partial charge on any atom is 0.255 e. The van der Waals surface area contributed by atoms with Crippen LogP contribution in [-0.4, -0.2) is 50.4 Å². The molecule has 0 atom stereocenters. The second-order valence-electron chi connectivity index (χ2n) is 8.22. The van der Waals surface area contributed by atoms with Crippen LogP contribution in [0.5, 0.6) is 0 Å². The van der Waals surface area contributed by atoms with Crippen LogP contribution in [0.4, 0.5) is 17.1 Å². The number of anilines is 3. The molecule has 1 aromatic heterocycles. The predicted molar refractivity (Wildman–Crippen MR) is 134 cm³/mol. The van der Waals surface area contributed by atoms with Gasteiger partial charge in [0.15, 0.2) is 0 Å². The van der Waals surface area contributed by atoms with Gasteiger partial charge in [-0.2, -0.15) is 0 Å². The first-order chi connectivity index (χ1) is 16.5. The molecule has 34 heavy (non-hydrogen) atoms. The van der Waals surface area contributed by atoms with Gasteiger partial charge in [-0.15, -0.1) is 0 Å². The topological polar surface area (TPSA) is 103 Å². The summed E-state index contributed by atoms with van der Waals surface area (Å²) in [4.78, 5) is 19.0. The molecule has 1 fully saturated rings. The Morgan fingerprint density at radius 3 is 2.35 bits per heavy atom. The average molecular weight is 480 g/mol. The second-order valence-corrected chi connectivity index (χ2v) is 9.99. The number of pyridine rings is 1. The standard InChI is InChI=1S/C25H29N5O3S/c31-25(29-21-10-12-26-13-11-21)20-6-4-7-22(18-20)28-23-8-5-9-24(19-23)34(32,33)27-14-17-30-15-2-1-3-16-30/h4-13,18-19,27-28H,1-3,14-17H2,(H,26,29,31). The highest BCUT2D eigenvalue weighted by molar-refractivity contribution is 7.89. The third kappa shape index (κ3) is 6.63. The molecule has 2 heterocycles. The zero-order valence-corrected chi connectivity index (χ0v) is 19.7. The Morgan fingerprint density at radius 2 is 1.59 bits per heavy atom. The normalized spacial score (nSPS) is 14.5. The number of nitrogens with one attached hydrogen (secondary N) is 3. The van der Waals surface area contributed by atoms with E-state index in [0.717, 1.165) is 13.1 Å². The molecule has 0 unspecified atom stereocenters.